The Labute approximate surface area is 63.4 Å². The van der Waals surface area contributed by atoms with Crippen molar-refractivity contribution in [3.8, 4) is 0 Å². The van der Waals surface area contributed by atoms with Gasteiger partial charge in [-0.2, -0.15) is 0 Å². The van der Waals surface area contributed by atoms with Crippen molar-refractivity contribution >= 4 is 17.5 Å². The van der Waals surface area contributed by atoms with Crippen LogP contribution in [0, 0.1) is 0 Å². The third-order valence-corrected chi connectivity index (χ3v) is 2.60. The molecule has 0 aromatic heterocycles. The maximum absolute atomic E-state index is 10.8. The Morgan fingerprint density at radius 1 is 1.70 bits per heavy atom. The molecule has 0 bridgehead atoms. The second-order valence-corrected chi connectivity index (χ2v) is 3.33. The fourth-order valence-corrected chi connectivity index (χ4v) is 2.05. The van der Waals surface area contributed by atoms with Crippen molar-refractivity contribution in [2.24, 2.45) is 0 Å². The lowest BCUT2D eigenvalue weighted by atomic mass is 10.1. The van der Waals surface area contributed by atoms with Crippen LogP contribution in [0.5, 0.6) is 0 Å². The standard InChI is InChI=1S/C7H7NOS/c9-5-1-2-6-7(3-5)10-4-8-6/h1-3,6,8H,4H2. The summed E-state index contributed by atoms with van der Waals surface area (Å²) in [5.74, 6) is 1.04. The first-order chi connectivity index (χ1) is 4.86. The van der Waals surface area contributed by atoms with Crippen molar-refractivity contribution in [3.05, 3.63) is 23.1 Å². The molecule has 1 saturated heterocycles. The Kier molecular flexibility index (Phi) is 1.39. The van der Waals surface area contributed by atoms with Crippen molar-refractivity contribution in [3.63, 3.8) is 0 Å². The highest BCUT2D eigenvalue weighted by Crippen LogP contribution is 2.27. The summed E-state index contributed by atoms with van der Waals surface area (Å²) < 4.78 is 0. The normalized spacial score (nSPS) is 30.2. The minimum atomic E-state index is 0.113. The molecule has 2 nitrogen and oxygen atoms in total. The molecule has 10 heavy (non-hydrogen) atoms. The Morgan fingerprint density at radius 3 is 3.50 bits per heavy atom. The van der Waals surface area contributed by atoms with Crippen molar-refractivity contribution in [2.45, 2.75) is 6.04 Å². The molecule has 2 rings (SSSR count). The second-order valence-electron chi connectivity index (χ2n) is 2.28. The van der Waals surface area contributed by atoms with E-state index in [1.54, 1.807) is 23.9 Å². The molecule has 0 spiro atoms. The van der Waals surface area contributed by atoms with Gasteiger partial charge in [-0.25, -0.2) is 0 Å². The van der Waals surface area contributed by atoms with Gasteiger partial charge in [0.15, 0.2) is 5.78 Å². The number of hydrogen-bond donors (Lipinski definition) is 1. The summed E-state index contributed by atoms with van der Waals surface area (Å²) in [5.41, 5.74) is 0. The zero-order valence-corrected chi connectivity index (χ0v) is 6.15. The molecule has 2 aliphatic rings. The van der Waals surface area contributed by atoms with E-state index >= 15 is 0 Å². The van der Waals surface area contributed by atoms with Crippen LogP contribution in [0.4, 0.5) is 0 Å². The quantitative estimate of drug-likeness (QED) is 0.554. The number of nitrogens with one attached hydrogen (secondary N) is 1. The van der Waals surface area contributed by atoms with Crippen LogP contribution in [0.25, 0.3) is 0 Å². The minimum Gasteiger partial charge on any atom is -0.297 e. The molecule has 1 aliphatic carbocycles. The lowest BCUT2D eigenvalue weighted by Gasteiger charge is -2.07. The van der Waals surface area contributed by atoms with E-state index in [0.717, 1.165) is 10.8 Å². The Hall–Kier alpha value is -0.540. The van der Waals surface area contributed by atoms with E-state index < -0.39 is 0 Å². The van der Waals surface area contributed by atoms with Crippen LogP contribution in [0.2, 0.25) is 0 Å². The Bertz CT molecular complexity index is 232. The smallest absolute Gasteiger partial charge is 0.179 e. The molecule has 1 fully saturated rings. The van der Waals surface area contributed by atoms with Gasteiger partial charge in [-0.1, -0.05) is 6.08 Å². The minimum absolute atomic E-state index is 0.113. The van der Waals surface area contributed by atoms with Gasteiger partial charge >= 0.3 is 0 Å². The highest BCUT2D eigenvalue weighted by molar-refractivity contribution is 8.03. The highest BCUT2D eigenvalue weighted by atomic mass is 32.2. The van der Waals surface area contributed by atoms with Crippen molar-refractivity contribution < 1.29 is 4.79 Å². The van der Waals surface area contributed by atoms with Crippen LogP contribution in [0.1, 0.15) is 0 Å². The summed E-state index contributed by atoms with van der Waals surface area (Å²) in [7, 11) is 0. The van der Waals surface area contributed by atoms with E-state index in [9.17, 15) is 4.79 Å². The molecule has 1 unspecified atom stereocenters. The largest absolute Gasteiger partial charge is 0.297 e. The molecule has 0 aromatic carbocycles. The van der Waals surface area contributed by atoms with Gasteiger partial charge in [0.05, 0.1) is 6.04 Å². The first kappa shape index (κ1) is 6.19. The Morgan fingerprint density at radius 2 is 2.60 bits per heavy atom. The fraction of sp³-hybridized carbons (Fsp3) is 0.286. The predicted octanol–water partition coefficient (Wildman–Crippen LogP) is 0.672. The van der Waals surface area contributed by atoms with Gasteiger partial charge in [-0.15, -0.1) is 11.8 Å². The summed E-state index contributed by atoms with van der Waals surface area (Å²) in [4.78, 5) is 12.0. The van der Waals surface area contributed by atoms with Gasteiger partial charge in [0.1, 0.15) is 0 Å². The van der Waals surface area contributed by atoms with Crippen LogP contribution >= 0.6 is 11.8 Å². The van der Waals surface area contributed by atoms with E-state index in [1.165, 1.54) is 0 Å². The second kappa shape index (κ2) is 2.25. The van der Waals surface area contributed by atoms with Crippen LogP contribution < -0.4 is 5.32 Å². The van der Waals surface area contributed by atoms with Gasteiger partial charge in [0.2, 0.25) is 0 Å². The zero-order valence-electron chi connectivity index (χ0n) is 5.33. The van der Waals surface area contributed by atoms with E-state index in [0.29, 0.717) is 6.04 Å². The first-order valence-electron chi connectivity index (χ1n) is 3.16. The third kappa shape index (κ3) is 0.914. The number of carbonyl (C=O) groups is 1. The molecule has 1 atom stereocenters. The summed E-state index contributed by atoms with van der Waals surface area (Å²) >= 11 is 1.71. The van der Waals surface area contributed by atoms with Gasteiger partial charge in [0, 0.05) is 10.8 Å². The average molecular weight is 153 g/mol. The molecular weight excluding hydrogens is 146 g/mol. The lowest BCUT2D eigenvalue weighted by molar-refractivity contribution is -0.110. The number of allylic oxidation sites excluding steroid dienone is 2. The van der Waals surface area contributed by atoms with Crippen LogP contribution in [0.15, 0.2) is 23.1 Å². The number of ketones is 1. The highest BCUT2D eigenvalue weighted by Gasteiger charge is 2.21. The number of thioether (sulfide) groups is 1. The molecule has 0 radical (unpaired) electrons. The number of fused-ring (bicyclic) bond motifs is 1. The molecule has 0 amide bonds. The topological polar surface area (TPSA) is 29.1 Å². The molecule has 1 heterocycles. The van der Waals surface area contributed by atoms with Crippen molar-refractivity contribution in [1.29, 1.82) is 0 Å². The van der Waals surface area contributed by atoms with E-state index in [1.807, 2.05) is 6.08 Å². The zero-order chi connectivity index (χ0) is 6.97. The lowest BCUT2D eigenvalue weighted by Crippen LogP contribution is -2.22. The molecule has 1 N–H and O–H groups in total. The Balaban J connectivity index is 2.30. The van der Waals surface area contributed by atoms with Crippen molar-refractivity contribution in [2.75, 3.05) is 5.88 Å². The maximum Gasteiger partial charge on any atom is 0.179 e. The summed E-state index contributed by atoms with van der Waals surface area (Å²) in [6, 6.07) is 0.322. The summed E-state index contributed by atoms with van der Waals surface area (Å²) in [5, 5.41) is 3.23. The molecule has 3 heteroatoms. The van der Waals surface area contributed by atoms with Gasteiger partial charge in [0.25, 0.3) is 0 Å². The molecule has 52 valence electrons. The maximum atomic E-state index is 10.8. The van der Waals surface area contributed by atoms with Crippen LogP contribution in [-0.4, -0.2) is 17.7 Å². The van der Waals surface area contributed by atoms with Crippen molar-refractivity contribution in [1.82, 2.24) is 5.32 Å². The summed E-state index contributed by atoms with van der Waals surface area (Å²) in [6.45, 7) is 0. The molecule has 0 saturated carbocycles. The van der Waals surface area contributed by atoms with E-state index in [2.05, 4.69) is 5.32 Å². The molecular formula is C7H7NOS. The number of carbonyl (C=O) groups excluding carboxylic acids is 1. The molecule has 0 aromatic rings. The average Bonchev–Trinajstić information content (AvgIpc) is 2.33. The summed E-state index contributed by atoms with van der Waals surface area (Å²) in [6.07, 6.45) is 5.24. The number of hydrogen-bond acceptors (Lipinski definition) is 3. The SMILES string of the molecule is O=C1C=CC2NCSC2=C1. The van der Waals surface area contributed by atoms with Crippen LogP contribution in [0.3, 0.4) is 0 Å². The predicted molar refractivity (Wildman–Crippen MR) is 41.6 cm³/mol. The van der Waals surface area contributed by atoms with Gasteiger partial charge in [-0.05, 0) is 12.2 Å². The van der Waals surface area contributed by atoms with Crippen LogP contribution in [-0.2, 0) is 4.79 Å². The molecule has 1 aliphatic heterocycles. The monoisotopic (exact) mass is 153 g/mol. The third-order valence-electron chi connectivity index (χ3n) is 1.59. The fourth-order valence-electron chi connectivity index (χ4n) is 1.08. The first-order valence-corrected chi connectivity index (χ1v) is 4.15. The number of rotatable bonds is 0. The van der Waals surface area contributed by atoms with Gasteiger partial charge < -0.3 is 0 Å². The van der Waals surface area contributed by atoms with Gasteiger partial charge in [-0.3, -0.25) is 10.1 Å². The van der Waals surface area contributed by atoms with E-state index in [4.69, 9.17) is 0 Å². The van der Waals surface area contributed by atoms with E-state index in [-0.39, 0.29) is 5.78 Å².